The van der Waals surface area contributed by atoms with Crippen LogP contribution in [-0.2, 0) is 21.6 Å². The van der Waals surface area contributed by atoms with Crippen molar-refractivity contribution in [1.82, 2.24) is 8.96 Å². The van der Waals surface area contributed by atoms with Gasteiger partial charge >= 0.3 is 6.18 Å². The molecule has 3 rings (SSSR count). The highest BCUT2D eigenvalue weighted by Crippen LogP contribution is 2.32. The lowest BCUT2D eigenvalue weighted by atomic mass is 9.87. The van der Waals surface area contributed by atoms with Crippen LogP contribution in [0.5, 0.6) is 0 Å². The highest BCUT2D eigenvalue weighted by atomic mass is 32.2. The summed E-state index contributed by atoms with van der Waals surface area (Å²) >= 11 is 0. The van der Waals surface area contributed by atoms with Crippen LogP contribution in [0.1, 0.15) is 31.9 Å². The van der Waals surface area contributed by atoms with Crippen molar-refractivity contribution < 1.29 is 21.6 Å². The summed E-state index contributed by atoms with van der Waals surface area (Å²) in [6, 6.07) is 8.71. The standard InChI is InChI=1S/C18H17F3N2O2S/c1-17(2,3)13-5-4-6-15(10-13)26(24,25)23-8-7-12-9-14(18(19,20)21)11-22-16(12)23/h4-11H,1-3H3. The van der Waals surface area contributed by atoms with Gasteiger partial charge in [0.15, 0.2) is 5.65 Å². The minimum Gasteiger partial charge on any atom is -0.237 e. The third-order valence-electron chi connectivity index (χ3n) is 4.08. The van der Waals surface area contributed by atoms with Gasteiger partial charge in [-0.2, -0.15) is 13.2 Å². The van der Waals surface area contributed by atoms with Gasteiger partial charge in [-0.25, -0.2) is 17.4 Å². The number of hydrogen-bond acceptors (Lipinski definition) is 3. The Hall–Kier alpha value is -2.35. The Balaban J connectivity index is 2.14. The molecule has 3 aromatic rings. The first kappa shape index (κ1) is 18.4. The Morgan fingerprint density at radius 3 is 2.31 bits per heavy atom. The fraction of sp³-hybridized carbons (Fsp3) is 0.278. The first-order valence-electron chi connectivity index (χ1n) is 7.81. The van der Waals surface area contributed by atoms with Gasteiger partial charge in [-0.1, -0.05) is 32.9 Å². The molecule has 0 unspecified atom stereocenters. The van der Waals surface area contributed by atoms with Crippen LogP contribution >= 0.6 is 0 Å². The van der Waals surface area contributed by atoms with Crippen molar-refractivity contribution in [3.05, 3.63) is 59.9 Å². The van der Waals surface area contributed by atoms with Crippen LogP contribution in [0.2, 0.25) is 0 Å². The smallest absolute Gasteiger partial charge is 0.237 e. The first-order chi connectivity index (χ1) is 11.9. The van der Waals surface area contributed by atoms with E-state index in [1.165, 1.54) is 18.3 Å². The van der Waals surface area contributed by atoms with E-state index in [0.29, 0.717) is 6.20 Å². The number of rotatable bonds is 2. The Morgan fingerprint density at radius 2 is 1.69 bits per heavy atom. The molecule has 0 bridgehead atoms. The second-order valence-corrected chi connectivity index (χ2v) is 8.84. The Bertz CT molecular complexity index is 1080. The molecule has 0 fully saturated rings. The number of nitrogens with zero attached hydrogens (tertiary/aromatic N) is 2. The molecule has 0 spiro atoms. The summed E-state index contributed by atoms with van der Waals surface area (Å²) in [5.41, 5.74) is -0.374. The summed E-state index contributed by atoms with van der Waals surface area (Å²) in [6.07, 6.45) is -2.68. The molecular formula is C18H17F3N2O2S. The molecule has 0 atom stereocenters. The normalized spacial score (nSPS) is 13.3. The molecule has 0 radical (unpaired) electrons. The summed E-state index contributed by atoms with van der Waals surface area (Å²) in [5, 5.41) is 0.107. The van der Waals surface area contributed by atoms with E-state index in [1.54, 1.807) is 12.1 Å². The van der Waals surface area contributed by atoms with Crippen LogP contribution in [0, 0.1) is 0 Å². The number of aromatic nitrogens is 2. The van der Waals surface area contributed by atoms with Crippen molar-refractivity contribution in [3.63, 3.8) is 0 Å². The molecule has 0 N–H and O–H groups in total. The zero-order chi connectivity index (χ0) is 19.3. The van der Waals surface area contributed by atoms with Crippen LogP contribution in [0.25, 0.3) is 11.0 Å². The lowest BCUT2D eigenvalue weighted by Crippen LogP contribution is -2.16. The van der Waals surface area contributed by atoms with Crippen molar-refractivity contribution >= 4 is 21.1 Å². The summed E-state index contributed by atoms with van der Waals surface area (Å²) in [6.45, 7) is 5.89. The Morgan fingerprint density at radius 1 is 1.00 bits per heavy atom. The predicted molar refractivity (Wildman–Crippen MR) is 92.5 cm³/mol. The van der Waals surface area contributed by atoms with E-state index in [1.807, 2.05) is 26.8 Å². The van der Waals surface area contributed by atoms with E-state index in [0.717, 1.165) is 15.6 Å². The predicted octanol–water partition coefficient (Wildman–Crippen LogP) is 4.59. The van der Waals surface area contributed by atoms with Gasteiger partial charge in [0, 0.05) is 17.8 Å². The molecule has 0 aliphatic carbocycles. The highest BCUT2D eigenvalue weighted by Gasteiger charge is 2.32. The van der Waals surface area contributed by atoms with Crippen molar-refractivity contribution in [2.75, 3.05) is 0 Å². The number of alkyl halides is 3. The number of halogens is 3. The van der Waals surface area contributed by atoms with Gasteiger partial charge in [-0.15, -0.1) is 0 Å². The Labute approximate surface area is 149 Å². The van der Waals surface area contributed by atoms with E-state index >= 15 is 0 Å². The van der Waals surface area contributed by atoms with Crippen LogP contribution in [-0.4, -0.2) is 17.4 Å². The molecule has 0 saturated heterocycles. The molecule has 1 aromatic carbocycles. The molecular weight excluding hydrogens is 365 g/mol. The molecule has 8 heteroatoms. The van der Waals surface area contributed by atoms with Crippen LogP contribution in [0.3, 0.4) is 0 Å². The molecule has 0 saturated carbocycles. The zero-order valence-electron chi connectivity index (χ0n) is 14.4. The number of pyridine rings is 1. The van der Waals surface area contributed by atoms with E-state index in [4.69, 9.17) is 0 Å². The van der Waals surface area contributed by atoms with E-state index in [2.05, 4.69) is 4.98 Å². The van der Waals surface area contributed by atoms with E-state index in [-0.39, 0.29) is 21.3 Å². The number of fused-ring (bicyclic) bond motifs is 1. The summed E-state index contributed by atoms with van der Waals surface area (Å²) in [5.74, 6) is 0. The lowest BCUT2D eigenvalue weighted by molar-refractivity contribution is -0.137. The summed E-state index contributed by atoms with van der Waals surface area (Å²) < 4.78 is 65.3. The Kier molecular flexibility index (Phi) is 4.14. The van der Waals surface area contributed by atoms with Crippen molar-refractivity contribution in [2.45, 2.75) is 37.3 Å². The van der Waals surface area contributed by atoms with Gasteiger partial charge in [0.2, 0.25) is 0 Å². The van der Waals surface area contributed by atoms with E-state index in [9.17, 15) is 21.6 Å². The molecule has 0 amide bonds. The molecule has 0 aliphatic rings. The van der Waals surface area contributed by atoms with Gasteiger partial charge in [0.05, 0.1) is 10.5 Å². The topological polar surface area (TPSA) is 52.0 Å². The van der Waals surface area contributed by atoms with Crippen LogP contribution in [0.15, 0.2) is 53.7 Å². The van der Waals surface area contributed by atoms with Crippen molar-refractivity contribution in [2.24, 2.45) is 0 Å². The van der Waals surface area contributed by atoms with Crippen LogP contribution < -0.4 is 0 Å². The minimum atomic E-state index is -4.54. The average molecular weight is 382 g/mol. The maximum absolute atomic E-state index is 13.0. The molecule has 2 heterocycles. The molecule has 26 heavy (non-hydrogen) atoms. The summed E-state index contributed by atoms with van der Waals surface area (Å²) in [7, 11) is -3.98. The third kappa shape index (κ3) is 3.21. The molecule has 0 aliphatic heterocycles. The number of hydrogen-bond donors (Lipinski definition) is 0. The third-order valence-corrected chi connectivity index (χ3v) is 5.74. The fourth-order valence-corrected chi connectivity index (χ4v) is 3.94. The fourth-order valence-electron chi connectivity index (χ4n) is 2.59. The molecule has 2 aromatic heterocycles. The lowest BCUT2D eigenvalue weighted by Gasteiger charge is -2.19. The van der Waals surface area contributed by atoms with Gasteiger partial charge in [0.25, 0.3) is 10.0 Å². The average Bonchev–Trinajstić information content (AvgIpc) is 2.97. The van der Waals surface area contributed by atoms with Crippen molar-refractivity contribution in [3.8, 4) is 0 Å². The van der Waals surface area contributed by atoms with Gasteiger partial charge in [-0.3, -0.25) is 0 Å². The zero-order valence-corrected chi connectivity index (χ0v) is 15.2. The monoisotopic (exact) mass is 382 g/mol. The first-order valence-corrected chi connectivity index (χ1v) is 9.25. The minimum absolute atomic E-state index is 0.0424. The van der Waals surface area contributed by atoms with Gasteiger partial charge in [0.1, 0.15) is 0 Å². The largest absolute Gasteiger partial charge is 0.417 e. The highest BCUT2D eigenvalue weighted by molar-refractivity contribution is 7.90. The second kappa shape index (κ2) is 5.84. The SMILES string of the molecule is CC(C)(C)c1cccc(S(=O)(=O)n2ccc3cc(C(F)(F)F)cnc32)c1. The molecule has 4 nitrogen and oxygen atoms in total. The van der Waals surface area contributed by atoms with Crippen molar-refractivity contribution in [1.29, 1.82) is 0 Å². The number of benzene rings is 1. The van der Waals surface area contributed by atoms with E-state index < -0.39 is 21.8 Å². The quantitative estimate of drug-likeness (QED) is 0.651. The van der Waals surface area contributed by atoms with Gasteiger partial charge < -0.3 is 0 Å². The maximum atomic E-state index is 13.0. The van der Waals surface area contributed by atoms with Crippen LogP contribution in [0.4, 0.5) is 13.2 Å². The maximum Gasteiger partial charge on any atom is 0.417 e. The summed E-state index contributed by atoms with van der Waals surface area (Å²) in [4.78, 5) is 3.79. The van der Waals surface area contributed by atoms with Gasteiger partial charge in [-0.05, 0) is 35.2 Å². The molecule has 138 valence electrons. The second-order valence-electron chi connectivity index (χ2n) is 7.03.